The summed E-state index contributed by atoms with van der Waals surface area (Å²) in [5, 5.41) is 8.66. The van der Waals surface area contributed by atoms with Gasteiger partial charge in [0.05, 0.1) is 6.33 Å². The topological polar surface area (TPSA) is 55.1 Å². The first-order valence-corrected chi connectivity index (χ1v) is 4.75. The third-order valence-corrected chi connectivity index (χ3v) is 2.20. The van der Waals surface area contributed by atoms with Gasteiger partial charge in [0.2, 0.25) is 0 Å². The first kappa shape index (κ1) is 11.3. The van der Waals surface area contributed by atoms with Gasteiger partial charge in [-0.25, -0.2) is 18.6 Å². The fourth-order valence-electron chi connectivity index (χ4n) is 1.41. The smallest absolute Gasteiger partial charge is 0.356 e. The summed E-state index contributed by atoms with van der Waals surface area (Å²) in [4.78, 5) is 14.2. The maximum absolute atomic E-state index is 12.9. The van der Waals surface area contributed by atoms with Crippen molar-refractivity contribution in [3.8, 4) is 0 Å². The average Bonchev–Trinajstić information content (AvgIpc) is 2.72. The molecule has 0 saturated heterocycles. The third kappa shape index (κ3) is 2.47. The van der Waals surface area contributed by atoms with Crippen LogP contribution in [-0.4, -0.2) is 20.6 Å². The minimum absolute atomic E-state index is 0.0902. The molecule has 0 amide bonds. The molecule has 0 atom stereocenters. The number of benzene rings is 1. The molecular formula is C11H8F2N2O2. The Hall–Kier alpha value is -2.24. The SMILES string of the molecule is O=C(O)c1cn(Cc2ccc(F)c(F)c2)cn1. The summed E-state index contributed by atoms with van der Waals surface area (Å²) in [5.41, 5.74) is 0.436. The van der Waals surface area contributed by atoms with Crippen LogP contribution in [0, 0.1) is 11.6 Å². The van der Waals surface area contributed by atoms with Gasteiger partial charge in [0.15, 0.2) is 17.3 Å². The van der Waals surface area contributed by atoms with Gasteiger partial charge in [0, 0.05) is 12.7 Å². The number of imidazole rings is 1. The fourth-order valence-corrected chi connectivity index (χ4v) is 1.41. The number of carboxylic acid groups (broad SMARTS) is 1. The van der Waals surface area contributed by atoms with Crippen LogP contribution < -0.4 is 0 Å². The van der Waals surface area contributed by atoms with Crippen molar-refractivity contribution in [2.75, 3.05) is 0 Å². The van der Waals surface area contributed by atoms with Crippen molar-refractivity contribution in [2.45, 2.75) is 6.54 Å². The average molecular weight is 238 g/mol. The molecule has 0 aliphatic carbocycles. The van der Waals surface area contributed by atoms with Gasteiger partial charge in [-0.05, 0) is 17.7 Å². The Labute approximate surface area is 95.1 Å². The van der Waals surface area contributed by atoms with E-state index in [1.807, 2.05) is 0 Å². The summed E-state index contributed by atoms with van der Waals surface area (Å²) < 4.78 is 27.1. The molecule has 0 fully saturated rings. The molecule has 1 aromatic heterocycles. The van der Waals surface area contributed by atoms with Crippen molar-refractivity contribution in [1.29, 1.82) is 0 Å². The number of aromatic nitrogens is 2. The van der Waals surface area contributed by atoms with Gasteiger partial charge in [-0.15, -0.1) is 0 Å². The Kier molecular flexibility index (Phi) is 2.86. The van der Waals surface area contributed by atoms with Crippen molar-refractivity contribution < 1.29 is 18.7 Å². The monoisotopic (exact) mass is 238 g/mol. The summed E-state index contributed by atoms with van der Waals surface area (Å²) in [6.45, 7) is 0.234. The van der Waals surface area contributed by atoms with E-state index in [4.69, 9.17) is 5.11 Å². The van der Waals surface area contributed by atoms with E-state index < -0.39 is 17.6 Å². The molecule has 0 spiro atoms. The minimum Gasteiger partial charge on any atom is -0.476 e. The Balaban J connectivity index is 2.19. The second-order valence-electron chi connectivity index (χ2n) is 3.48. The zero-order valence-electron chi connectivity index (χ0n) is 8.60. The lowest BCUT2D eigenvalue weighted by molar-refractivity contribution is 0.0691. The largest absolute Gasteiger partial charge is 0.476 e. The highest BCUT2D eigenvalue weighted by atomic mass is 19.2. The van der Waals surface area contributed by atoms with Gasteiger partial charge < -0.3 is 9.67 Å². The third-order valence-electron chi connectivity index (χ3n) is 2.20. The molecule has 0 aliphatic heterocycles. The lowest BCUT2D eigenvalue weighted by Crippen LogP contribution is -1.99. The number of nitrogens with zero attached hydrogens (tertiary/aromatic N) is 2. The van der Waals surface area contributed by atoms with Crippen LogP contribution in [0.2, 0.25) is 0 Å². The molecule has 1 heterocycles. The summed E-state index contributed by atoms with van der Waals surface area (Å²) in [6, 6.07) is 3.52. The lowest BCUT2D eigenvalue weighted by Gasteiger charge is -2.02. The zero-order valence-corrected chi connectivity index (χ0v) is 8.60. The van der Waals surface area contributed by atoms with Crippen LogP contribution in [0.15, 0.2) is 30.7 Å². The number of hydrogen-bond donors (Lipinski definition) is 1. The molecule has 0 bridgehead atoms. The maximum Gasteiger partial charge on any atom is 0.356 e. The van der Waals surface area contributed by atoms with Gasteiger partial charge in [-0.3, -0.25) is 0 Å². The lowest BCUT2D eigenvalue weighted by atomic mass is 10.2. The summed E-state index contributed by atoms with van der Waals surface area (Å²) in [5.74, 6) is -2.97. The van der Waals surface area contributed by atoms with Crippen LogP contribution in [0.25, 0.3) is 0 Å². The first-order chi connectivity index (χ1) is 8.06. The summed E-state index contributed by atoms with van der Waals surface area (Å²) in [7, 11) is 0. The standard InChI is InChI=1S/C11H8F2N2O2/c12-8-2-1-7(3-9(8)13)4-15-5-10(11(16)17)14-6-15/h1-3,5-6H,4H2,(H,16,17). The molecule has 88 valence electrons. The Morgan fingerprint density at radius 1 is 1.35 bits per heavy atom. The molecule has 4 nitrogen and oxygen atoms in total. The zero-order chi connectivity index (χ0) is 12.4. The maximum atomic E-state index is 12.9. The second-order valence-corrected chi connectivity index (χ2v) is 3.48. The fraction of sp³-hybridized carbons (Fsp3) is 0.0909. The highest BCUT2D eigenvalue weighted by Gasteiger charge is 2.07. The van der Waals surface area contributed by atoms with Gasteiger partial charge >= 0.3 is 5.97 Å². The minimum atomic E-state index is -1.13. The van der Waals surface area contributed by atoms with E-state index in [1.165, 1.54) is 23.2 Å². The number of aromatic carboxylic acids is 1. The van der Waals surface area contributed by atoms with E-state index in [-0.39, 0.29) is 12.2 Å². The number of halogens is 2. The Morgan fingerprint density at radius 3 is 2.71 bits per heavy atom. The van der Waals surface area contributed by atoms with Crippen LogP contribution in [-0.2, 0) is 6.54 Å². The summed E-state index contributed by atoms with van der Waals surface area (Å²) >= 11 is 0. The Morgan fingerprint density at radius 2 is 2.12 bits per heavy atom. The molecule has 2 rings (SSSR count). The summed E-state index contributed by atoms with van der Waals surface area (Å²) in [6.07, 6.45) is 2.65. The molecule has 1 N–H and O–H groups in total. The van der Waals surface area contributed by atoms with Gasteiger partial charge in [0.25, 0.3) is 0 Å². The normalized spacial score (nSPS) is 10.5. The Bertz CT molecular complexity index is 566. The van der Waals surface area contributed by atoms with Crippen molar-refractivity contribution in [3.05, 3.63) is 53.6 Å². The van der Waals surface area contributed by atoms with Gasteiger partial charge in [-0.2, -0.15) is 0 Å². The van der Waals surface area contributed by atoms with Crippen molar-refractivity contribution in [1.82, 2.24) is 9.55 Å². The highest BCUT2D eigenvalue weighted by Crippen LogP contribution is 2.10. The quantitative estimate of drug-likeness (QED) is 0.888. The molecular weight excluding hydrogens is 230 g/mol. The van der Waals surface area contributed by atoms with Crippen LogP contribution in [0.5, 0.6) is 0 Å². The van der Waals surface area contributed by atoms with E-state index in [9.17, 15) is 13.6 Å². The van der Waals surface area contributed by atoms with E-state index >= 15 is 0 Å². The van der Waals surface area contributed by atoms with E-state index in [0.717, 1.165) is 12.1 Å². The molecule has 2 aromatic rings. The van der Waals surface area contributed by atoms with Crippen LogP contribution in [0.4, 0.5) is 8.78 Å². The van der Waals surface area contributed by atoms with E-state index in [2.05, 4.69) is 4.98 Å². The molecule has 17 heavy (non-hydrogen) atoms. The van der Waals surface area contributed by atoms with E-state index in [1.54, 1.807) is 0 Å². The van der Waals surface area contributed by atoms with Gasteiger partial charge in [0.1, 0.15) is 0 Å². The number of rotatable bonds is 3. The molecule has 6 heteroatoms. The number of hydrogen-bond acceptors (Lipinski definition) is 2. The number of carboxylic acids is 1. The van der Waals surface area contributed by atoms with Crippen molar-refractivity contribution in [2.24, 2.45) is 0 Å². The van der Waals surface area contributed by atoms with Crippen LogP contribution >= 0.6 is 0 Å². The highest BCUT2D eigenvalue weighted by molar-refractivity contribution is 5.84. The molecule has 0 aliphatic rings. The molecule has 1 aromatic carbocycles. The van der Waals surface area contributed by atoms with Crippen LogP contribution in [0.1, 0.15) is 16.1 Å². The second kappa shape index (κ2) is 4.32. The van der Waals surface area contributed by atoms with Gasteiger partial charge in [-0.1, -0.05) is 6.07 Å². The van der Waals surface area contributed by atoms with Crippen molar-refractivity contribution in [3.63, 3.8) is 0 Å². The molecule has 0 unspecified atom stereocenters. The van der Waals surface area contributed by atoms with Crippen LogP contribution in [0.3, 0.4) is 0 Å². The first-order valence-electron chi connectivity index (χ1n) is 4.75. The molecule has 0 radical (unpaired) electrons. The predicted molar refractivity (Wildman–Crippen MR) is 54.6 cm³/mol. The predicted octanol–water partition coefficient (Wildman–Crippen LogP) is 1.91. The number of carbonyl (C=O) groups is 1. The van der Waals surface area contributed by atoms with E-state index in [0.29, 0.717) is 5.56 Å². The molecule has 0 saturated carbocycles. The van der Waals surface area contributed by atoms with Crippen molar-refractivity contribution >= 4 is 5.97 Å².